The van der Waals surface area contributed by atoms with Gasteiger partial charge in [0.2, 0.25) is 0 Å². The lowest BCUT2D eigenvalue weighted by Gasteiger charge is -2.37. The van der Waals surface area contributed by atoms with E-state index in [1.807, 2.05) is 6.07 Å². The van der Waals surface area contributed by atoms with Crippen molar-refractivity contribution in [1.82, 2.24) is 20.4 Å². The minimum Gasteiger partial charge on any atom is -0.338 e. The Hall–Kier alpha value is -1.59. The van der Waals surface area contributed by atoms with Crippen LogP contribution >= 0.6 is 0 Å². The maximum absolute atomic E-state index is 11.9. The molecule has 1 heterocycles. The quantitative estimate of drug-likeness (QED) is 0.840. The lowest BCUT2D eigenvalue weighted by atomic mass is 9.98. The van der Waals surface area contributed by atoms with Crippen molar-refractivity contribution in [3.8, 4) is 0 Å². The third-order valence-electron chi connectivity index (χ3n) is 4.71. The summed E-state index contributed by atoms with van der Waals surface area (Å²) < 4.78 is 0. The van der Waals surface area contributed by atoms with Crippen molar-refractivity contribution in [1.29, 1.82) is 0 Å². The molecule has 1 aromatic rings. The highest BCUT2D eigenvalue weighted by molar-refractivity contribution is 5.73. The Balaban J connectivity index is 1.63. The van der Waals surface area contributed by atoms with Crippen LogP contribution in [-0.4, -0.2) is 68.7 Å². The monoisotopic (exact) mass is 318 g/mol. The van der Waals surface area contributed by atoms with Crippen molar-refractivity contribution in [3.63, 3.8) is 0 Å². The SMILES string of the molecule is C[C@@H](CCNC(=O)NC[C@@H]1CN(C)CCN1C)c1ccccc1. The summed E-state index contributed by atoms with van der Waals surface area (Å²) in [6.07, 6.45) is 0.948. The van der Waals surface area contributed by atoms with E-state index < -0.39 is 0 Å². The Morgan fingerprint density at radius 3 is 2.70 bits per heavy atom. The number of carbonyl (C=O) groups excluding carboxylic acids is 1. The second-order valence-electron chi connectivity index (χ2n) is 6.63. The fraction of sp³-hybridized carbons (Fsp3) is 0.611. The highest BCUT2D eigenvalue weighted by Gasteiger charge is 2.22. The number of urea groups is 1. The summed E-state index contributed by atoms with van der Waals surface area (Å²) in [5, 5.41) is 5.97. The highest BCUT2D eigenvalue weighted by atomic mass is 16.2. The van der Waals surface area contributed by atoms with Gasteiger partial charge in [0, 0.05) is 38.8 Å². The van der Waals surface area contributed by atoms with E-state index in [0.29, 0.717) is 25.0 Å². The van der Waals surface area contributed by atoms with Gasteiger partial charge in [-0.15, -0.1) is 0 Å². The number of piperazine rings is 1. The van der Waals surface area contributed by atoms with Crippen LogP contribution in [0.25, 0.3) is 0 Å². The summed E-state index contributed by atoms with van der Waals surface area (Å²) in [5.74, 6) is 0.453. The fourth-order valence-electron chi connectivity index (χ4n) is 2.95. The number of rotatable bonds is 6. The molecule has 0 radical (unpaired) electrons. The minimum atomic E-state index is -0.0631. The van der Waals surface area contributed by atoms with Crippen molar-refractivity contribution in [2.24, 2.45) is 0 Å². The average molecular weight is 318 g/mol. The van der Waals surface area contributed by atoms with Crippen LogP contribution in [0.5, 0.6) is 0 Å². The summed E-state index contributed by atoms with van der Waals surface area (Å²) in [6, 6.07) is 10.8. The molecular formula is C18H30N4O. The van der Waals surface area contributed by atoms with Crippen LogP contribution in [0.1, 0.15) is 24.8 Å². The molecule has 1 aliphatic rings. The van der Waals surface area contributed by atoms with Crippen LogP contribution in [0.2, 0.25) is 0 Å². The smallest absolute Gasteiger partial charge is 0.314 e. The average Bonchev–Trinajstić information content (AvgIpc) is 2.56. The lowest BCUT2D eigenvalue weighted by molar-refractivity contribution is 0.114. The first-order valence-electron chi connectivity index (χ1n) is 8.51. The van der Waals surface area contributed by atoms with Crippen LogP contribution < -0.4 is 10.6 Å². The van der Waals surface area contributed by atoms with Crippen molar-refractivity contribution in [2.45, 2.75) is 25.3 Å². The first-order chi connectivity index (χ1) is 11.1. The topological polar surface area (TPSA) is 47.6 Å². The highest BCUT2D eigenvalue weighted by Crippen LogP contribution is 2.17. The van der Waals surface area contributed by atoms with Crippen molar-refractivity contribution >= 4 is 6.03 Å². The molecule has 0 bridgehead atoms. The number of nitrogens with one attached hydrogen (secondary N) is 2. The first kappa shape index (κ1) is 17.8. The largest absolute Gasteiger partial charge is 0.338 e. The molecule has 23 heavy (non-hydrogen) atoms. The van der Waals surface area contributed by atoms with Gasteiger partial charge in [-0.2, -0.15) is 0 Å². The van der Waals surface area contributed by atoms with Crippen molar-refractivity contribution in [3.05, 3.63) is 35.9 Å². The third-order valence-corrected chi connectivity index (χ3v) is 4.71. The molecule has 0 aromatic heterocycles. The maximum atomic E-state index is 11.9. The van der Waals surface area contributed by atoms with Crippen LogP contribution in [0.15, 0.2) is 30.3 Å². The second kappa shape index (κ2) is 8.89. The van der Waals surface area contributed by atoms with E-state index in [-0.39, 0.29) is 6.03 Å². The van der Waals surface area contributed by atoms with Gasteiger partial charge in [-0.05, 0) is 32.0 Å². The van der Waals surface area contributed by atoms with Gasteiger partial charge in [0.15, 0.2) is 0 Å². The first-order valence-corrected chi connectivity index (χ1v) is 8.51. The van der Waals surface area contributed by atoms with Gasteiger partial charge in [0.1, 0.15) is 0 Å². The van der Waals surface area contributed by atoms with E-state index >= 15 is 0 Å². The number of likely N-dealkylation sites (N-methyl/N-ethyl adjacent to an activating group) is 2. The van der Waals surface area contributed by atoms with Gasteiger partial charge in [0.05, 0.1) is 0 Å². The second-order valence-corrected chi connectivity index (χ2v) is 6.63. The Bertz CT molecular complexity index is 479. The lowest BCUT2D eigenvalue weighted by Crippen LogP contribution is -2.55. The standard InChI is InChI=1S/C18H30N4O/c1-15(16-7-5-4-6-8-16)9-10-19-18(23)20-13-17-14-21(2)11-12-22(17)3/h4-8,15,17H,9-14H2,1-3H3,(H2,19,20,23)/t15-,17+/m0/s1. The number of hydrogen-bond acceptors (Lipinski definition) is 3. The van der Waals surface area contributed by atoms with E-state index in [1.165, 1.54) is 5.56 Å². The molecule has 1 aliphatic heterocycles. The molecule has 1 saturated heterocycles. The van der Waals surface area contributed by atoms with Gasteiger partial charge in [0.25, 0.3) is 0 Å². The molecule has 2 amide bonds. The summed E-state index contributed by atoms with van der Waals surface area (Å²) in [6.45, 7) is 6.74. The molecule has 0 spiro atoms. The number of carbonyl (C=O) groups is 1. The van der Waals surface area contributed by atoms with Crippen molar-refractivity contribution in [2.75, 3.05) is 46.8 Å². The summed E-state index contributed by atoms with van der Waals surface area (Å²) in [7, 11) is 4.25. The van der Waals surface area contributed by atoms with E-state index in [1.54, 1.807) is 0 Å². The number of benzene rings is 1. The molecule has 128 valence electrons. The third kappa shape index (κ3) is 5.84. The van der Waals surface area contributed by atoms with E-state index in [2.05, 4.69) is 65.7 Å². The predicted octanol–water partition coefficient (Wildman–Crippen LogP) is 1.73. The molecule has 2 rings (SSSR count). The van der Waals surface area contributed by atoms with Gasteiger partial charge in [-0.3, -0.25) is 4.90 Å². The molecule has 1 fully saturated rings. The summed E-state index contributed by atoms with van der Waals surface area (Å²) in [5.41, 5.74) is 1.32. The Morgan fingerprint density at radius 2 is 1.96 bits per heavy atom. The molecule has 5 nitrogen and oxygen atoms in total. The van der Waals surface area contributed by atoms with E-state index in [9.17, 15) is 4.79 Å². The van der Waals surface area contributed by atoms with Crippen molar-refractivity contribution < 1.29 is 4.79 Å². The number of amides is 2. The summed E-state index contributed by atoms with van der Waals surface area (Å²) >= 11 is 0. The van der Waals surface area contributed by atoms with Gasteiger partial charge in [-0.1, -0.05) is 37.3 Å². The van der Waals surface area contributed by atoms with Crippen LogP contribution in [0, 0.1) is 0 Å². The zero-order valence-electron chi connectivity index (χ0n) is 14.6. The number of hydrogen-bond donors (Lipinski definition) is 2. The molecule has 2 N–H and O–H groups in total. The Kier molecular flexibility index (Phi) is 6.86. The Labute approximate surface area is 140 Å². The number of nitrogens with zero attached hydrogens (tertiary/aromatic N) is 2. The van der Waals surface area contributed by atoms with E-state index in [0.717, 1.165) is 26.1 Å². The van der Waals surface area contributed by atoms with Crippen LogP contribution in [0.4, 0.5) is 4.79 Å². The molecular weight excluding hydrogens is 288 g/mol. The van der Waals surface area contributed by atoms with Gasteiger partial charge in [-0.25, -0.2) is 4.79 Å². The molecule has 0 aliphatic carbocycles. The molecule has 2 atom stereocenters. The Morgan fingerprint density at radius 1 is 1.22 bits per heavy atom. The molecule has 5 heteroatoms. The fourth-order valence-corrected chi connectivity index (χ4v) is 2.95. The minimum absolute atomic E-state index is 0.0631. The van der Waals surface area contributed by atoms with Gasteiger partial charge >= 0.3 is 6.03 Å². The van der Waals surface area contributed by atoms with E-state index in [4.69, 9.17) is 0 Å². The molecule has 0 unspecified atom stereocenters. The van der Waals surface area contributed by atoms with Gasteiger partial charge < -0.3 is 15.5 Å². The molecule has 1 aromatic carbocycles. The maximum Gasteiger partial charge on any atom is 0.314 e. The van der Waals surface area contributed by atoms with Crippen LogP contribution in [-0.2, 0) is 0 Å². The summed E-state index contributed by atoms with van der Waals surface area (Å²) in [4.78, 5) is 16.6. The zero-order chi connectivity index (χ0) is 16.7. The molecule has 0 saturated carbocycles. The van der Waals surface area contributed by atoms with Crippen LogP contribution in [0.3, 0.4) is 0 Å². The predicted molar refractivity (Wildman–Crippen MR) is 94.8 cm³/mol. The normalized spacial score (nSPS) is 20.9. The zero-order valence-corrected chi connectivity index (χ0v) is 14.6.